The van der Waals surface area contributed by atoms with E-state index >= 15 is 0 Å². The molecule has 5 heteroatoms. The largest absolute Gasteiger partial charge is 0.494 e. The minimum atomic E-state index is -1.11. The molecule has 0 spiro atoms. The number of pyridine rings is 1. The van der Waals surface area contributed by atoms with Crippen molar-refractivity contribution in [3.8, 4) is 5.75 Å². The summed E-state index contributed by atoms with van der Waals surface area (Å²) in [5.41, 5.74) is 6.51. The molecule has 82 valence electrons. The Hall–Kier alpha value is -2.30. The van der Waals surface area contributed by atoms with E-state index in [2.05, 4.69) is 4.98 Å². The lowest BCUT2D eigenvalue weighted by Gasteiger charge is -2.07. The summed E-state index contributed by atoms with van der Waals surface area (Å²) in [5, 5.41) is 9.56. The van der Waals surface area contributed by atoms with Gasteiger partial charge in [-0.3, -0.25) is 0 Å². The summed E-state index contributed by atoms with van der Waals surface area (Å²) >= 11 is 0. The number of nitrogen functional groups attached to an aromatic ring is 1. The van der Waals surface area contributed by atoms with Gasteiger partial charge in [0.05, 0.1) is 7.11 Å². The minimum absolute atomic E-state index is 0.0884. The first kappa shape index (κ1) is 10.2. The summed E-state index contributed by atoms with van der Waals surface area (Å²) in [4.78, 5) is 14.8. The van der Waals surface area contributed by atoms with Gasteiger partial charge in [-0.25, -0.2) is 9.78 Å². The third-order valence-electron chi connectivity index (χ3n) is 2.27. The van der Waals surface area contributed by atoms with Gasteiger partial charge in [0.1, 0.15) is 11.3 Å². The van der Waals surface area contributed by atoms with Crippen molar-refractivity contribution in [1.29, 1.82) is 0 Å². The Kier molecular flexibility index (Phi) is 2.36. The summed E-state index contributed by atoms with van der Waals surface area (Å²) < 4.78 is 5.11. The number of hydrogen-bond donors (Lipinski definition) is 2. The number of carboxylic acids is 1. The SMILES string of the molecule is COc1cccc2c(N)cc(C(=O)O)nc12. The molecule has 0 aliphatic heterocycles. The van der Waals surface area contributed by atoms with Crippen LogP contribution in [0.5, 0.6) is 5.75 Å². The number of carbonyl (C=O) groups is 1. The molecule has 3 N–H and O–H groups in total. The number of nitrogens with zero attached hydrogens (tertiary/aromatic N) is 1. The number of rotatable bonds is 2. The number of benzene rings is 1. The van der Waals surface area contributed by atoms with E-state index in [0.717, 1.165) is 0 Å². The van der Waals surface area contributed by atoms with Crippen molar-refractivity contribution in [3.05, 3.63) is 30.0 Å². The molecule has 16 heavy (non-hydrogen) atoms. The van der Waals surface area contributed by atoms with E-state index in [1.807, 2.05) is 0 Å². The first-order valence-corrected chi connectivity index (χ1v) is 4.60. The quantitative estimate of drug-likeness (QED) is 0.798. The molecule has 0 aliphatic rings. The molecule has 0 atom stereocenters. The molecule has 0 unspecified atom stereocenters. The van der Waals surface area contributed by atoms with Crippen LogP contribution in [0.1, 0.15) is 10.5 Å². The predicted molar refractivity (Wildman–Crippen MR) is 59.7 cm³/mol. The second-order valence-corrected chi connectivity index (χ2v) is 3.26. The van der Waals surface area contributed by atoms with Crippen LogP contribution in [0.25, 0.3) is 10.9 Å². The van der Waals surface area contributed by atoms with E-state index < -0.39 is 5.97 Å². The second kappa shape index (κ2) is 3.69. The van der Waals surface area contributed by atoms with E-state index in [0.29, 0.717) is 22.3 Å². The smallest absolute Gasteiger partial charge is 0.354 e. The number of ether oxygens (including phenoxy) is 1. The zero-order chi connectivity index (χ0) is 11.7. The molecule has 0 saturated heterocycles. The number of methoxy groups -OCH3 is 1. The van der Waals surface area contributed by atoms with Crippen LogP contribution in [-0.4, -0.2) is 23.2 Å². The van der Waals surface area contributed by atoms with Crippen molar-refractivity contribution >= 4 is 22.6 Å². The van der Waals surface area contributed by atoms with Gasteiger partial charge in [-0.2, -0.15) is 0 Å². The van der Waals surface area contributed by atoms with E-state index in [4.69, 9.17) is 15.6 Å². The van der Waals surface area contributed by atoms with Crippen molar-refractivity contribution in [2.45, 2.75) is 0 Å². The Bertz CT molecular complexity index is 566. The monoisotopic (exact) mass is 218 g/mol. The second-order valence-electron chi connectivity index (χ2n) is 3.26. The topological polar surface area (TPSA) is 85.4 Å². The minimum Gasteiger partial charge on any atom is -0.494 e. The molecule has 1 aromatic heterocycles. The average molecular weight is 218 g/mol. The molecule has 1 heterocycles. The molecule has 0 aliphatic carbocycles. The maximum atomic E-state index is 10.8. The fourth-order valence-corrected chi connectivity index (χ4v) is 1.52. The molecule has 1 aromatic carbocycles. The lowest BCUT2D eigenvalue weighted by Crippen LogP contribution is -2.03. The lowest BCUT2D eigenvalue weighted by atomic mass is 10.1. The van der Waals surface area contributed by atoms with Gasteiger partial charge in [-0.05, 0) is 12.1 Å². The van der Waals surface area contributed by atoms with Crippen molar-refractivity contribution < 1.29 is 14.6 Å². The number of para-hydroxylation sites is 1. The maximum absolute atomic E-state index is 10.8. The first-order valence-electron chi connectivity index (χ1n) is 4.60. The van der Waals surface area contributed by atoms with Gasteiger partial charge >= 0.3 is 5.97 Å². The van der Waals surface area contributed by atoms with Crippen LogP contribution in [0.3, 0.4) is 0 Å². The lowest BCUT2D eigenvalue weighted by molar-refractivity contribution is 0.0691. The van der Waals surface area contributed by atoms with E-state index in [9.17, 15) is 4.79 Å². The van der Waals surface area contributed by atoms with Crippen molar-refractivity contribution in [1.82, 2.24) is 4.98 Å². The fraction of sp³-hybridized carbons (Fsp3) is 0.0909. The van der Waals surface area contributed by atoms with E-state index in [1.165, 1.54) is 13.2 Å². The van der Waals surface area contributed by atoms with Crippen LogP contribution in [0.2, 0.25) is 0 Å². The number of fused-ring (bicyclic) bond motifs is 1. The number of aromatic carboxylic acids is 1. The highest BCUT2D eigenvalue weighted by atomic mass is 16.5. The Morgan fingerprint density at radius 2 is 2.25 bits per heavy atom. The van der Waals surface area contributed by atoms with E-state index in [1.54, 1.807) is 18.2 Å². The molecule has 0 amide bonds. The van der Waals surface area contributed by atoms with E-state index in [-0.39, 0.29) is 5.69 Å². The van der Waals surface area contributed by atoms with Crippen LogP contribution in [0, 0.1) is 0 Å². The number of hydrogen-bond acceptors (Lipinski definition) is 4. The summed E-state index contributed by atoms with van der Waals surface area (Å²) in [6.07, 6.45) is 0. The van der Waals surface area contributed by atoms with Crippen LogP contribution in [-0.2, 0) is 0 Å². The molecule has 2 rings (SSSR count). The number of nitrogens with two attached hydrogens (primary N) is 1. The van der Waals surface area contributed by atoms with Gasteiger partial charge in [-0.1, -0.05) is 12.1 Å². The number of aromatic nitrogens is 1. The molecular weight excluding hydrogens is 208 g/mol. The number of carboxylic acid groups (broad SMARTS) is 1. The summed E-state index contributed by atoms with van der Waals surface area (Å²) in [7, 11) is 1.50. The highest BCUT2D eigenvalue weighted by Crippen LogP contribution is 2.28. The highest BCUT2D eigenvalue weighted by Gasteiger charge is 2.11. The first-order chi connectivity index (χ1) is 7.63. The van der Waals surface area contributed by atoms with Gasteiger partial charge in [-0.15, -0.1) is 0 Å². The zero-order valence-electron chi connectivity index (χ0n) is 8.60. The zero-order valence-corrected chi connectivity index (χ0v) is 8.60. The van der Waals surface area contributed by atoms with Crippen LogP contribution < -0.4 is 10.5 Å². The molecule has 0 saturated carbocycles. The third-order valence-corrected chi connectivity index (χ3v) is 2.27. The van der Waals surface area contributed by atoms with Crippen LogP contribution in [0.15, 0.2) is 24.3 Å². The highest BCUT2D eigenvalue weighted by molar-refractivity contribution is 5.98. The summed E-state index contributed by atoms with van der Waals surface area (Å²) in [5.74, 6) is -0.605. The Balaban J connectivity index is 2.82. The molecule has 2 aromatic rings. The standard InChI is InChI=1S/C11H10N2O3/c1-16-9-4-2-3-6-7(12)5-8(11(14)15)13-10(6)9/h2-5H,1H3,(H2,12,13)(H,14,15). The van der Waals surface area contributed by atoms with Crippen molar-refractivity contribution in [2.75, 3.05) is 12.8 Å². The van der Waals surface area contributed by atoms with Gasteiger partial charge < -0.3 is 15.6 Å². The number of anilines is 1. The van der Waals surface area contributed by atoms with Gasteiger partial charge in [0.2, 0.25) is 0 Å². The normalized spacial score (nSPS) is 10.3. The third kappa shape index (κ3) is 1.52. The Morgan fingerprint density at radius 1 is 1.50 bits per heavy atom. The van der Waals surface area contributed by atoms with Gasteiger partial charge in [0, 0.05) is 11.1 Å². The van der Waals surface area contributed by atoms with Gasteiger partial charge in [0.15, 0.2) is 5.69 Å². The maximum Gasteiger partial charge on any atom is 0.354 e. The molecule has 5 nitrogen and oxygen atoms in total. The van der Waals surface area contributed by atoms with Crippen LogP contribution >= 0.6 is 0 Å². The predicted octanol–water partition coefficient (Wildman–Crippen LogP) is 1.52. The molecule has 0 fully saturated rings. The molecule has 0 bridgehead atoms. The van der Waals surface area contributed by atoms with Crippen LogP contribution in [0.4, 0.5) is 5.69 Å². The Labute approximate surface area is 91.5 Å². The fourth-order valence-electron chi connectivity index (χ4n) is 1.52. The summed E-state index contributed by atoms with van der Waals surface area (Å²) in [6, 6.07) is 6.59. The van der Waals surface area contributed by atoms with Crippen molar-refractivity contribution in [3.63, 3.8) is 0 Å². The molecular formula is C11H10N2O3. The summed E-state index contributed by atoms with van der Waals surface area (Å²) in [6.45, 7) is 0. The molecule has 0 radical (unpaired) electrons. The average Bonchev–Trinajstić information content (AvgIpc) is 2.28. The van der Waals surface area contributed by atoms with Crippen molar-refractivity contribution in [2.24, 2.45) is 0 Å². The van der Waals surface area contributed by atoms with Gasteiger partial charge in [0.25, 0.3) is 0 Å². The Morgan fingerprint density at radius 3 is 2.88 bits per heavy atom.